The zero-order chi connectivity index (χ0) is 18.9. The first-order valence-corrected chi connectivity index (χ1v) is 8.38. The van der Waals surface area contributed by atoms with Crippen LogP contribution in [0, 0.1) is 13.8 Å². The first-order chi connectivity index (χ1) is 12.5. The van der Waals surface area contributed by atoms with Crippen LogP contribution < -0.4 is 20.1 Å². The molecule has 0 aliphatic carbocycles. The van der Waals surface area contributed by atoms with Crippen molar-refractivity contribution in [3.8, 4) is 11.5 Å². The number of hydrogen-bond acceptors (Lipinski definition) is 4. The van der Waals surface area contributed by atoms with E-state index in [1.54, 1.807) is 43.5 Å². The maximum Gasteiger partial charge on any atom is 0.251 e. The van der Waals surface area contributed by atoms with Crippen LogP contribution in [0.4, 0.5) is 0 Å². The Labute approximate surface area is 153 Å². The van der Waals surface area contributed by atoms with E-state index in [0.717, 1.165) is 16.9 Å². The number of ether oxygens (including phenoxy) is 2. The highest BCUT2D eigenvalue weighted by Gasteiger charge is 2.08. The number of benzene rings is 2. The average Bonchev–Trinajstić information content (AvgIpc) is 2.63. The molecule has 2 rings (SSSR count). The smallest absolute Gasteiger partial charge is 0.251 e. The van der Waals surface area contributed by atoms with Crippen LogP contribution >= 0.6 is 0 Å². The lowest BCUT2D eigenvalue weighted by atomic mass is 10.1. The second kappa shape index (κ2) is 9.46. The van der Waals surface area contributed by atoms with Gasteiger partial charge in [-0.2, -0.15) is 0 Å². The monoisotopic (exact) mass is 356 g/mol. The van der Waals surface area contributed by atoms with Gasteiger partial charge in [0.05, 0.1) is 20.2 Å². The predicted molar refractivity (Wildman–Crippen MR) is 99.7 cm³/mol. The summed E-state index contributed by atoms with van der Waals surface area (Å²) in [4.78, 5) is 23.9. The maximum atomic E-state index is 12.1. The molecule has 6 heteroatoms. The molecule has 0 spiro atoms. The molecule has 6 nitrogen and oxygen atoms in total. The van der Waals surface area contributed by atoms with E-state index < -0.39 is 0 Å². The zero-order valence-electron chi connectivity index (χ0n) is 15.3. The van der Waals surface area contributed by atoms with Crippen LogP contribution in [0.1, 0.15) is 21.5 Å². The van der Waals surface area contributed by atoms with Gasteiger partial charge in [-0.05, 0) is 50.2 Å². The van der Waals surface area contributed by atoms with Crippen molar-refractivity contribution >= 4 is 11.8 Å². The Balaban J connectivity index is 1.67. The van der Waals surface area contributed by atoms with Crippen molar-refractivity contribution in [2.24, 2.45) is 0 Å². The van der Waals surface area contributed by atoms with Crippen LogP contribution in [0.5, 0.6) is 11.5 Å². The van der Waals surface area contributed by atoms with E-state index in [1.165, 1.54) is 0 Å². The lowest BCUT2D eigenvalue weighted by Crippen LogP contribution is -2.38. The van der Waals surface area contributed by atoms with E-state index in [1.807, 2.05) is 19.9 Å². The highest BCUT2D eigenvalue weighted by molar-refractivity contribution is 5.96. The van der Waals surface area contributed by atoms with Crippen LogP contribution in [0.25, 0.3) is 0 Å². The third kappa shape index (κ3) is 6.12. The minimum absolute atomic E-state index is 0.0750. The van der Waals surface area contributed by atoms with E-state index in [-0.39, 0.29) is 18.4 Å². The molecular formula is C20H24N2O4. The number of nitrogens with one attached hydrogen (secondary N) is 2. The molecule has 0 saturated heterocycles. The Hall–Kier alpha value is -3.02. The van der Waals surface area contributed by atoms with Gasteiger partial charge in [0.1, 0.15) is 18.1 Å². The van der Waals surface area contributed by atoms with Gasteiger partial charge >= 0.3 is 0 Å². The van der Waals surface area contributed by atoms with Gasteiger partial charge in [0.15, 0.2) is 0 Å². The molecule has 0 radical (unpaired) electrons. The summed E-state index contributed by atoms with van der Waals surface area (Å²) in [6.45, 7) is 4.47. The molecule has 0 fully saturated rings. The Morgan fingerprint density at radius 3 is 2.15 bits per heavy atom. The van der Waals surface area contributed by atoms with Crippen molar-refractivity contribution in [2.75, 3.05) is 26.8 Å². The Kier molecular flexibility index (Phi) is 7.02. The van der Waals surface area contributed by atoms with E-state index in [0.29, 0.717) is 24.5 Å². The average molecular weight is 356 g/mol. The molecule has 0 bridgehead atoms. The number of carbonyl (C=O) groups excluding carboxylic acids is 2. The Morgan fingerprint density at radius 1 is 0.923 bits per heavy atom. The fourth-order valence-electron chi connectivity index (χ4n) is 2.46. The van der Waals surface area contributed by atoms with Crippen LogP contribution in [-0.4, -0.2) is 38.6 Å². The van der Waals surface area contributed by atoms with Gasteiger partial charge < -0.3 is 20.1 Å². The molecule has 0 saturated carbocycles. The second-order valence-electron chi connectivity index (χ2n) is 5.93. The third-order valence-electron chi connectivity index (χ3n) is 3.65. The summed E-state index contributed by atoms with van der Waals surface area (Å²) in [6.07, 6.45) is 0. The lowest BCUT2D eigenvalue weighted by molar-refractivity contribution is -0.120. The molecule has 0 aliphatic rings. The Morgan fingerprint density at radius 2 is 1.54 bits per heavy atom. The van der Waals surface area contributed by atoms with Gasteiger partial charge in [0, 0.05) is 5.56 Å². The van der Waals surface area contributed by atoms with Crippen LogP contribution in [-0.2, 0) is 4.79 Å². The minimum atomic E-state index is -0.263. The highest BCUT2D eigenvalue weighted by Crippen LogP contribution is 2.16. The van der Waals surface area contributed by atoms with Gasteiger partial charge in [0.2, 0.25) is 5.91 Å². The quantitative estimate of drug-likeness (QED) is 0.711. The van der Waals surface area contributed by atoms with Crippen molar-refractivity contribution in [1.29, 1.82) is 0 Å². The lowest BCUT2D eigenvalue weighted by Gasteiger charge is -2.09. The molecule has 0 heterocycles. The van der Waals surface area contributed by atoms with E-state index >= 15 is 0 Å². The van der Waals surface area contributed by atoms with E-state index in [4.69, 9.17) is 9.47 Å². The number of amides is 2. The first-order valence-electron chi connectivity index (χ1n) is 8.38. The third-order valence-corrected chi connectivity index (χ3v) is 3.65. The molecule has 0 aromatic heterocycles. The number of rotatable bonds is 8. The summed E-state index contributed by atoms with van der Waals surface area (Å²) in [7, 11) is 1.60. The predicted octanol–water partition coefficient (Wildman–Crippen LogP) is 2.24. The number of hydrogen-bond donors (Lipinski definition) is 2. The molecule has 2 N–H and O–H groups in total. The molecule has 2 aromatic carbocycles. The molecular weight excluding hydrogens is 332 g/mol. The molecule has 0 atom stereocenters. The SMILES string of the molecule is COc1ccc(OCCNC(=O)CNC(=O)c2cc(C)cc(C)c2)cc1. The van der Waals surface area contributed by atoms with E-state index in [2.05, 4.69) is 10.6 Å². The number of methoxy groups -OCH3 is 1. The number of aryl methyl sites for hydroxylation is 2. The highest BCUT2D eigenvalue weighted by atomic mass is 16.5. The van der Waals surface area contributed by atoms with Crippen molar-refractivity contribution in [2.45, 2.75) is 13.8 Å². The van der Waals surface area contributed by atoms with Crippen molar-refractivity contribution in [3.63, 3.8) is 0 Å². The van der Waals surface area contributed by atoms with Gasteiger partial charge in [0.25, 0.3) is 5.91 Å². The summed E-state index contributed by atoms with van der Waals surface area (Å²) in [6, 6.07) is 12.8. The van der Waals surface area contributed by atoms with Gasteiger partial charge in [-0.1, -0.05) is 17.2 Å². The molecule has 26 heavy (non-hydrogen) atoms. The zero-order valence-corrected chi connectivity index (χ0v) is 15.3. The largest absolute Gasteiger partial charge is 0.497 e. The van der Waals surface area contributed by atoms with Crippen molar-refractivity contribution < 1.29 is 19.1 Å². The van der Waals surface area contributed by atoms with Gasteiger partial charge in [-0.25, -0.2) is 0 Å². The normalized spacial score (nSPS) is 10.1. The molecule has 138 valence electrons. The number of carbonyl (C=O) groups is 2. The first kappa shape index (κ1) is 19.3. The fourth-order valence-corrected chi connectivity index (χ4v) is 2.46. The summed E-state index contributed by atoms with van der Waals surface area (Å²) >= 11 is 0. The van der Waals surface area contributed by atoms with Gasteiger partial charge in [-0.3, -0.25) is 9.59 Å². The maximum absolute atomic E-state index is 12.1. The summed E-state index contributed by atoms with van der Waals surface area (Å²) < 4.78 is 10.6. The summed E-state index contributed by atoms with van der Waals surface area (Å²) in [5, 5.41) is 5.32. The van der Waals surface area contributed by atoms with Crippen LogP contribution in [0.2, 0.25) is 0 Å². The summed E-state index contributed by atoms with van der Waals surface area (Å²) in [5.41, 5.74) is 2.57. The van der Waals surface area contributed by atoms with Gasteiger partial charge in [-0.15, -0.1) is 0 Å². The second-order valence-corrected chi connectivity index (χ2v) is 5.93. The van der Waals surface area contributed by atoms with Crippen LogP contribution in [0.3, 0.4) is 0 Å². The molecule has 2 amide bonds. The molecule has 0 aliphatic heterocycles. The topological polar surface area (TPSA) is 76.7 Å². The Bertz CT molecular complexity index is 737. The minimum Gasteiger partial charge on any atom is -0.497 e. The van der Waals surface area contributed by atoms with Crippen molar-refractivity contribution in [1.82, 2.24) is 10.6 Å². The summed E-state index contributed by atoms with van der Waals surface area (Å²) in [5.74, 6) is 0.927. The van der Waals surface area contributed by atoms with E-state index in [9.17, 15) is 9.59 Å². The van der Waals surface area contributed by atoms with Crippen LogP contribution in [0.15, 0.2) is 42.5 Å². The fraction of sp³-hybridized carbons (Fsp3) is 0.300. The molecule has 2 aromatic rings. The molecule has 0 unspecified atom stereocenters. The standard InChI is InChI=1S/C20H24N2O4/c1-14-10-15(2)12-16(11-14)20(24)22-13-19(23)21-8-9-26-18-6-4-17(25-3)5-7-18/h4-7,10-12H,8-9,13H2,1-3H3,(H,21,23)(H,22,24). The van der Waals surface area contributed by atoms with Crippen molar-refractivity contribution in [3.05, 3.63) is 59.2 Å².